The Kier molecular flexibility index (Phi) is 4.65. The summed E-state index contributed by atoms with van der Waals surface area (Å²) in [4.78, 5) is 14.4. The van der Waals surface area contributed by atoms with Crippen LogP contribution in [0.25, 0.3) is 5.69 Å². The summed E-state index contributed by atoms with van der Waals surface area (Å²) < 4.78 is 46.5. The molecular formula is C19H21F3N4O2. The predicted octanol–water partition coefficient (Wildman–Crippen LogP) is 3.32. The number of benzene rings is 1. The van der Waals surface area contributed by atoms with Crippen molar-refractivity contribution in [2.24, 2.45) is 5.41 Å². The first-order valence-corrected chi connectivity index (χ1v) is 9.26. The summed E-state index contributed by atoms with van der Waals surface area (Å²) in [6, 6.07) is 5.07. The Morgan fingerprint density at radius 2 is 2.14 bits per heavy atom. The van der Waals surface area contributed by atoms with E-state index >= 15 is 0 Å². The van der Waals surface area contributed by atoms with Gasteiger partial charge in [-0.1, -0.05) is 23.8 Å². The molecule has 0 unspecified atom stereocenters. The number of aromatic nitrogens is 3. The first-order valence-electron chi connectivity index (χ1n) is 9.26. The van der Waals surface area contributed by atoms with Crippen LogP contribution in [0.3, 0.4) is 0 Å². The van der Waals surface area contributed by atoms with Crippen molar-refractivity contribution < 1.29 is 22.7 Å². The molecule has 1 amide bonds. The molecule has 2 aromatic rings. The molecule has 1 saturated heterocycles. The topological polar surface area (TPSA) is 60.2 Å². The van der Waals surface area contributed by atoms with E-state index < -0.39 is 11.7 Å². The Bertz CT molecular complexity index is 870. The summed E-state index contributed by atoms with van der Waals surface area (Å²) in [6.07, 6.45) is 0.920. The van der Waals surface area contributed by atoms with Crippen LogP contribution in [-0.2, 0) is 10.9 Å². The van der Waals surface area contributed by atoms with Gasteiger partial charge in [0.2, 0.25) is 0 Å². The number of halogens is 3. The van der Waals surface area contributed by atoms with E-state index in [0.717, 1.165) is 36.4 Å². The molecule has 1 aliphatic carbocycles. The lowest BCUT2D eigenvalue weighted by atomic mass is 9.82. The molecule has 0 spiro atoms. The summed E-state index contributed by atoms with van der Waals surface area (Å²) in [7, 11) is 1.69. The second-order valence-corrected chi connectivity index (χ2v) is 7.59. The number of para-hydroxylation sites is 1. The number of hydrogen-bond acceptors (Lipinski definition) is 4. The van der Waals surface area contributed by atoms with Crippen molar-refractivity contribution in [1.82, 2.24) is 19.9 Å². The van der Waals surface area contributed by atoms with Gasteiger partial charge in [-0.25, -0.2) is 4.68 Å². The van der Waals surface area contributed by atoms with Gasteiger partial charge in [-0.15, -0.1) is 5.10 Å². The standard InChI is InChI=1S/C19H21F3N4O2/c1-25(12-18-8-4-7-16(18)28-10-9-18)17(27)14-11-26(24-23-14)15-6-3-2-5-13(15)19(20,21)22/h2-3,5-6,11,16H,4,7-10,12H2,1H3/t16-,18-/m1/s1. The fraction of sp³-hybridized carbons (Fsp3) is 0.526. The number of carbonyl (C=O) groups is 1. The summed E-state index contributed by atoms with van der Waals surface area (Å²) >= 11 is 0. The lowest BCUT2D eigenvalue weighted by Crippen LogP contribution is -2.41. The molecule has 0 N–H and O–H groups in total. The van der Waals surface area contributed by atoms with Gasteiger partial charge in [-0.2, -0.15) is 13.2 Å². The highest BCUT2D eigenvalue weighted by atomic mass is 19.4. The third-order valence-corrected chi connectivity index (χ3v) is 5.81. The molecular weight excluding hydrogens is 373 g/mol. The van der Waals surface area contributed by atoms with E-state index in [1.54, 1.807) is 11.9 Å². The number of rotatable bonds is 4. The van der Waals surface area contributed by atoms with Crippen molar-refractivity contribution >= 4 is 5.91 Å². The van der Waals surface area contributed by atoms with Crippen molar-refractivity contribution in [2.45, 2.75) is 38.0 Å². The fourth-order valence-electron chi connectivity index (χ4n) is 4.45. The highest BCUT2D eigenvalue weighted by Crippen LogP contribution is 2.47. The van der Waals surface area contributed by atoms with E-state index in [0.29, 0.717) is 13.2 Å². The minimum Gasteiger partial charge on any atom is -0.378 e. The third kappa shape index (κ3) is 3.28. The van der Waals surface area contributed by atoms with Crippen molar-refractivity contribution in [3.8, 4) is 5.69 Å². The Labute approximate surface area is 160 Å². The number of ether oxygens (including phenoxy) is 1. The molecule has 4 rings (SSSR count). The second-order valence-electron chi connectivity index (χ2n) is 7.59. The summed E-state index contributed by atoms with van der Waals surface area (Å²) in [5, 5.41) is 7.57. The highest BCUT2D eigenvalue weighted by molar-refractivity contribution is 5.91. The number of nitrogens with zero attached hydrogens (tertiary/aromatic N) is 4. The minimum absolute atomic E-state index is 0.0179. The first kappa shape index (κ1) is 18.9. The van der Waals surface area contributed by atoms with Gasteiger partial charge in [0.1, 0.15) is 0 Å². The predicted molar refractivity (Wildman–Crippen MR) is 94.0 cm³/mol. The third-order valence-electron chi connectivity index (χ3n) is 5.81. The Hall–Kier alpha value is -2.42. The monoisotopic (exact) mass is 394 g/mol. The van der Waals surface area contributed by atoms with Gasteiger partial charge >= 0.3 is 6.18 Å². The number of fused-ring (bicyclic) bond motifs is 1. The SMILES string of the molecule is CN(C[C@]12CCC[C@H]1OCC2)C(=O)c1cn(-c2ccccc2C(F)(F)F)nn1. The van der Waals surface area contributed by atoms with Crippen LogP contribution in [0.1, 0.15) is 41.7 Å². The van der Waals surface area contributed by atoms with Gasteiger partial charge in [0.25, 0.3) is 5.91 Å². The van der Waals surface area contributed by atoms with Crippen molar-refractivity contribution in [3.63, 3.8) is 0 Å². The van der Waals surface area contributed by atoms with E-state index in [1.807, 2.05) is 0 Å². The van der Waals surface area contributed by atoms with Crippen LogP contribution in [-0.4, -0.2) is 52.1 Å². The van der Waals surface area contributed by atoms with Gasteiger partial charge in [0, 0.05) is 25.6 Å². The van der Waals surface area contributed by atoms with Crippen LogP contribution in [0, 0.1) is 5.41 Å². The zero-order valence-electron chi connectivity index (χ0n) is 15.4. The van der Waals surface area contributed by atoms with E-state index in [1.165, 1.54) is 24.4 Å². The average molecular weight is 394 g/mol. The number of carbonyl (C=O) groups excluding carboxylic acids is 1. The molecule has 6 nitrogen and oxygen atoms in total. The molecule has 9 heteroatoms. The fourth-order valence-corrected chi connectivity index (χ4v) is 4.45. The van der Waals surface area contributed by atoms with Crippen molar-refractivity contribution in [3.05, 3.63) is 41.7 Å². The van der Waals surface area contributed by atoms with E-state index in [2.05, 4.69) is 10.3 Å². The Morgan fingerprint density at radius 1 is 1.36 bits per heavy atom. The van der Waals surface area contributed by atoms with Crippen molar-refractivity contribution in [1.29, 1.82) is 0 Å². The smallest absolute Gasteiger partial charge is 0.378 e. The van der Waals surface area contributed by atoms with Crippen LogP contribution >= 0.6 is 0 Å². The maximum absolute atomic E-state index is 13.2. The summed E-state index contributed by atoms with van der Waals surface area (Å²) in [6.45, 7) is 1.25. The molecule has 0 radical (unpaired) electrons. The van der Waals surface area contributed by atoms with Gasteiger partial charge in [-0.05, 0) is 31.4 Å². The van der Waals surface area contributed by atoms with Gasteiger partial charge in [0.15, 0.2) is 5.69 Å². The molecule has 2 heterocycles. The number of amides is 1. The lowest BCUT2D eigenvalue weighted by molar-refractivity contribution is -0.137. The van der Waals surface area contributed by atoms with Crippen LogP contribution in [0.5, 0.6) is 0 Å². The first-order chi connectivity index (χ1) is 13.3. The normalized spacial score (nSPS) is 24.4. The maximum Gasteiger partial charge on any atom is 0.418 e. The van der Waals surface area contributed by atoms with Crippen LogP contribution in [0.2, 0.25) is 0 Å². The Balaban J connectivity index is 1.54. The number of alkyl halides is 3. The lowest BCUT2D eigenvalue weighted by Gasteiger charge is -2.32. The van der Waals surface area contributed by atoms with E-state index in [4.69, 9.17) is 4.74 Å². The molecule has 2 fully saturated rings. The van der Waals surface area contributed by atoms with Crippen molar-refractivity contribution in [2.75, 3.05) is 20.2 Å². The molecule has 28 heavy (non-hydrogen) atoms. The molecule has 2 aliphatic rings. The van der Waals surface area contributed by atoms with E-state index in [9.17, 15) is 18.0 Å². The van der Waals surface area contributed by atoms with Gasteiger partial charge in [0.05, 0.1) is 23.6 Å². The molecule has 150 valence electrons. The molecule has 1 saturated carbocycles. The maximum atomic E-state index is 13.2. The quantitative estimate of drug-likeness (QED) is 0.798. The summed E-state index contributed by atoms with van der Waals surface area (Å²) in [5.74, 6) is -0.359. The minimum atomic E-state index is -4.53. The largest absolute Gasteiger partial charge is 0.418 e. The van der Waals surface area contributed by atoms with Gasteiger partial charge < -0.3 is 9.64 Å². The Morgan fingerprint density at radius 3 is 2.93 bits per heavy atom. The zero-order valence-corrected chi connectivity index (χ0v) is 15.4. The van der Waals surface area contributed by atoms with Crippen LogP contribution in [0.4, 0.5) is 13.2 Å². The molecule has 2 atom stereocenters. The molecule has 1 aliphatic heterocycles. The second kappa shape index (κ2) is 6.88. The molecule has 1 aromatic heterocycles. The van der Waals surface area contributed by atoms with Crippen LogP contribution in [0.15, 0.2) is 30.5 Å². The van der Waals surface area contributed by atoms with Gasteiger partial charge in [-0.3, -0.25) is 4.79 Å². The average Bonchev–Trinajstić information content (AvgIpc) is 3.35. The summed E-state index contributed by atoms with van der Waals surface area (Å²) in [5.41, 5.74) is -1.00. The highest BCUT2D eigenvalue weighted by Gasteiger charge is 2.48. The molecule has 0 bridgehead atoms. The zero-order chi connectivity index (χ0) is 19.9. The number of hydrogen-bond donors (Lipinski definition) is 0. The molecule has 1 aromatic carbocycles. The van der Waals surface area contributed by atoms with Crippen LogP contribution < -0.4 is 0 Å². The van der Waals surface area contributed by atoms with E-state index in [-0.39, 0.29) is 28.8 Å².